The lowest BCUT2D eigenvalue weighted by Gasteiger charge is -2.19. The molecule has 1 aromatic carbocycles. The van der Waals surface area contributed by atoms with Crippen molar-refractivity contribution in [2.24, 2.45) is 0 Å². The molecule has 0 saturated heterocycles. The van der Waals surface area contributed by atoms with Gasteiger partial charge >= 0.3 is 12.0 Å². The highest BCUT2D eigenvalue weighted by atomic mass is 32.2. The molecule has 1 aromatic heterocycles. The van der Waals surface area contributed by atoms with E-state index >= 15 is 0 Å². The summed E-state index contributed by atoms with van der Waals surface area (Å²) in [5.41, 5.74) is -1.90. The van der Waals surface area contributed by atoms with Gasteiger partial charge < -0.3 is 10.1 Å². The number of ether oxygens (including phenoxy) is 1. The number of anilines is 1. The highest BCUT2D eigenvalue weighted by Gasteiger charge is 2.30. The normalized spacial score (nSPS) is 11.9. The van der Waals surface area contributed by atoms with Crippen LogP contribution in [-0.4, -0.2) is 43.8 Å². The second-order valence-electron chi connectivity index (χ2n) is 8.19. The Kier molecular flexibility index (Phi) is 7.79. The Labute approximate surface area is 193 Å². The van der Waals surface area contributed by atoms with E-state index in [-0.39, 0.29) is 28.7 Å². The number of thiazole rings is 1. The molecule has 2 amide bonds. The van der Waals surface area contributed by atoms with E-state index in [9.17, 15) is 31.2 Å². The van der Waals surface area contributed by atoms with Gasteiger partial charge in [-0.05, 0) is 34.6 Å². The van der Waals surface area contributed by atoms with E-state index in [1.807, 2.05) is 0 Å². The van der Waals surface area contributed by atoms with Crippen LogP contribution in [0.2, 0.25) is 0 Å². The predicted octanol–water partition coefficient (Wildman–Crippen LogP) is 4.10. The minimum atomic E-state index is -4.22. The molecule has 0 unspecified atom stereocenters. The lowest BCUT2D eigenvalue weighted by atomic mass is 10.1. The van der Waals surface area contributed by atoms with Gasteiger partial charge in [-0.3, -0.25) is 10.1 Å². The first-order chi connectivity index (χ1) is 15.0. The molecule has 0 radical (unpaired) electrons. The summed E-state index contributed by atoms with van der Waals surface area (Å²) in [5, 5.41) is 4.75. The SMILES string of the molecule is Cc1nc(NC(=O)NCCC(=O)OC(C)(C)C)sc1-c1c(F)c(C)c(S(C)(=O)=O)c(F)c1F. The molecule has 0 spiro atoms. The summed E-state index contributed by atoms with van der Waals surface area (Å²) in [4.78, 5) is 26.6. The number of carbonyl (C=O) groups is 2. The maximum atomic E-state index is 14.9. The van der Waals surface area contributed by atoms with Crippen molar-refractivity contribution >= 4 is 38.3 Å². The third kappa shape index (κ3) is 6.44. The summed E-state index contributed by atoms with van der Waals surface area (Å²) in [6.45, 7) is 7.53. The number of hydrogen-bond acceptors (Lipinski definition) is 7. The number of aromatic nitrogens is 1. The molecule has 2 rings (SSSR count). The molecule has 2 aromatic rings. The van der Waals surface area contributed by atoms with Gasteiger partial charge in [0, 0.05) is 18.4 Å². The van der Waals surface area contributed by atoms with Crippen LogP contribution in [0.15, 0.2) is 4.90 Å². The number of urea groups is 1. The highest BCUT2D eigenvalue weighted by molar-refractivity contribution is 7.90. The summed E-state index contributed by atoms with van der Waals surface area (Å²) < 4.78 is 72.7. The third-order valence-electron chi connectivity index (χ3n) is 4.15. The van der Waals surface area contributed by atoms with E-state index in [4.69, 9.17) is 4.74 Å². The molecule has 0 bridgehead atoms. The van der Waals surface area contributed by atoms with Gasteiger partial charge in [-0.15, -0.1) is 0 Å². The minimum Gasteiger partial charge on any atom is -0.460 e. The molecule has 0 aliphatic carbocycles. The van der Waals surface area contributed by atoms with E-state index in [0.29, 0.717) is 17.6 Å². The van der Waals surface area contributed by atoms with Crippen LogP contribution in [0.4, 0.5) is 23.1 Å². The zero-order chi connectivity index (χ0) is 25.3. The molecule has 8 nitrogen and oxygen atoms in total. The Morgan fingerprint density at radius 3 is 2.24 bits per heavy atom. The molecule has 182 valence electrons. The summed E-state index contributed by atoms with van der Waals surface area (Å²) in [6.07, 6.45) is 0.576. The van der Waals surface area contributed by atoms with Crippen molar-refractivity contribution in [3.8, 4) is 10.4 Å². The summed E-state index contributed by atoms with van der Waals surface area (Å²) in [7, 11) is -4.22. The average Bonchev–Trinajstić information content (AvgIpc) is 2.97. The fourth-order valence-electron chi connectivity index (χ4n) is 2.89. The topological polar surface area (TPSA) is 114 Å². The number of esters is 1. The molecule has 0 atom stereocenters. The third-order valence-corrected chi connectivity index (χ3v) is 6.47. The highest BCUT2D eigenvalue weighted by Crippen LogP contribution is 2.40. The quantitative estimate of drug-likeness (QED) is 0.450. The maximum Gasteiger partial charge on any atom is 0.321 e. The molecular formula is C20H24F3N3O5S2. The predicted molar refractivity (Wildman–Crippen MR) is 117 cm³/mol. The summed E-state index contributed by atoms with van der Waals surface area (Å²) in [5.74, 6) is -5.10. The van der Waals surface area contributed by atoms with Crippen LogP contribution in [-0.2, 0) is 19.4 Å². The van der Waals surface area contributed by atoms with Gasteiger partial charge in [0.25, 0.3) is 0 Å². The largest absolute Gasteiger partial charge is 0.460 e. The fourth-order valence-corrected chi connectivity index (χ4v) is 4.95. The number of rotatable bonds is 6. The van der Waals surface area contributed by atoms with Crippen LogP contribution in [0, 0.1) is 31.3 Å². The van der Waals surface area contributed by atoms with Crippen LogP contribution in [0.3, 0.4) is 0 Å². The van der Waals surface area contributed by atoms with Crippen molar-refractivity contribution in [3.63, 3.8) is 0 Å². The molecule has 1 heterocycles. The first-order valence-corrected chi connectivity index (χ1v) is 12.3. The molecule has 0 fully saturated rings. The van der Waals surface area contributed by atoms with Gasteiger partial charge in [0.05, 0.1) is 22.6 Å². The lowest BCUT2D eigenvalue weighted by molar-refractivity contribution is -0.154. The number of hydrogen-bond donors (Lipinski definition) is 2. The monoisotopic (exact) mass is 507 g/mol. The van der Waals surface area contributed by atoms with Crippen LogP contribution in [0.1, 0.15) is 38.4 Å². The second-order valence-corrected chi connectivity index (χ2v) is 11.1. The molecule has 33 heavy (non-hydrogen) atoms. The Hall–Kier alpha value is -2.67. The minimum absolute atomic E-state index is 0.0292. The van der Waals surface area contributed by atoms with Gasteiger partial charge in [-0.25, -0.2) is 31.4 Å². The van der Waals surface area contributed by atoms with Crippen molar-refractivity contribution < 1.29 is 35.9 Å². The van der Waals surface area contributed by atoms with E-state index in [1.165, 1.54) is 6.92 Å². The average molecular weight is 508 g/mol. The van der Waals surface area contributed by atoms with Crippen LogP contribution < -0.4 is 10.6 Å². The van der Waals surface area contributed by atoms with Crippen LogP contribution >= 0.6 is 11.3 Å². The van der Waals surface area contributed by atoms with Gasteiger partial charge in [0.2, 0.25) is 0 Å². The van der Waals surface area contributed by atoms with Gasteiger partial charge in [0.15, 0.2) is 26.6 Å². The molecule has 0 aliphatic heterocycles. The van der Waals surface area contributed by atoms with Crippen molar-refractivity contribution in [2.45, 2.75) is 51.5 Å². The van der Waals surface area contributed by atoms with Gasteiger partial charge in [-0.2, -0.15) is 0 Å². The Morgan fingerprint density at radius 2 is 1.70 bits per heavy atom. The molecular weight excluding hydrogens is 483 g/mol. The van der Waals surface area contributed by atoms with Crippen molar-refractivity contribution in [1.82, 2.24) is 10.3 Å². The number of carbonyl (C=O) groups excluding carboxylic acids is 2. The Balaban J connectivity index is 2.21. The summed E-state index contributed by atoms with van der Waals surface area (Å²) >= 11 is 0.677. The number of halogens is 3. The standard InChI is InChI=1S/C20H24F3N3O5S2/c1-9-13(21)12(14(22)15(23)17(9)33(6,29)30)16-10(2)25-19(32-16)26-18(28)24-8-7-11(27)31-20(3,4)5/h7-8H2,1-6H3,(H2,24,25,26,28). The number of benzene rings is 1. The second kappa shape index (κ2) is 9.67. The lowest BCUT2D eigenvalue weighted by Crippen LogP contribution is -2.32. The van der Waals surface area contributed by atoms with E-state index in [0.717, 1.165) is 6.92 Å². The number of aryl methyl sites for hydroxylation is 1. The van der Waals surface area contributed by atoms with Crippen molar-refractivity contribution in [3.05, 3.63) is 28.7 Å². The smallest absolute Gasteiger partial charge is 0.321 e. The first-order valence-electron chi connectivity index (χ1n) is 9.64. The zero-order valence-corrected chi connectivity index (χ0v) is 20.5. The van der Waals surface area contributed by atoms with E-state index in [1.54, 1.807) is 20.8 Å². The molecule has 2 N–H and O–H groups in total. The zero-order valence-electron chi connectivity index (χ0n) is 18.9. The van der Waals surface area contributed by atoms with Crippen LogP contribution in [0.25, 0.3) is 10.4 Å². The number of nitrogens with zero attached hydrogens (tertiary/aromatic N) is 1. The van der Waals surface area contributed by atoms with Crippen molar-refractivity contribution in [1.29, 1.82) is 0 Å². The van der Waals surface area contributed by atoms with Gasteiger partial charge in [0.1, 0.15) is 16.3 Å². The van der Waals surface area contributed by atoms with Crippen molar-refractivity contribution in [2.75, 3.05) is 18.1 Å². The Morgan fingerprint density at radius 1 is 1.09 bits per heavy atom. The first kappa shape index (κ1) is 26.6. The van der Waals surface area contributed by atoms with Gasteiger partial charge in [-0.1, -0.05) is 11.3 Å². The number of nitrogens with one attached hydrogen (secondary N) is 2. The number of sulfone groups is 1. The fraction of sp³-hybridized carbons (Fsp3) is 0.450. The molecule has 0 saturated carbocycles. The number of amides is 2. The summed E-state index contributed by atoms with van der Waals surface area (Å²) in [6, 6.07) is -0.727. The maximum absolute atomic E-state index is 14.9. The molecule has 13 heteroatoms. The van der Waals surface area contributed by atoms with Crippen LogP contribution in [0.5, 0.6) is 0 Å². The Bertz CT molecular complexity index is 1180. The molecule has 0 aliphatic rings. The van der Waals surface area contributed by atoms with E-state index in [2.05, 4.69) is 15.6 Å². The van der Waals surface area contributed by atoms with E-state index < -0.39 is 60.9 Å².